The summed E-state index contributed by atoms with van der Waals surface area (Å²) in [5.74, 6) is -0.165. The maximum Gasteiger partial charge on any atom is 0.343 e. The minimum absolute atomic E-state index is 0.0160. The van der Waals surface area contributed by atoms with Crippen LogP contribution < -0.4 is 4.74 Å². The quantitative estimate of drug-likeness (QED) is 0.145. The standard InChI is InChI=1S/C27H21NO5S/c29-23-12-11-21(26(30)31)17-20(23)10-9-19-5-1-2-7-24(19)33-27(32)22-6-3-4-18(16-22)8-13-25-28-14-15-34-25/h1-17,26,29-31H/b10-9+,13-8+. The molecule has 3 N–H and O–H groups in total. The second-order valence-corrected chi connectivity index (χ2v) is 8.21. The monoisotopic (exact) mass is 471 g/mol. The van der Waals surface area contributed by atoms with Crippen molar-refractivity contribution in [3.05, 3.63) is 111 Å². The fourth-order valence-electron chi connectivity index (χ4n) is 3.17. The van der Waals surface area contributed by atoms with Gasteiger partial charge in [0.15, 0.2) is 6.29 Å². The summed E-state index contributed by atoms with van der Waals surface area (Å²) in [6.45, 7) is 0. The lowest BCUT2D eigenvalue weighted by molar-refractivity contribution is -0.0425. The number of carbonyl (C=O) groups is 1. The Labute approximate surface area is 200 Å². The van der Waals surface area contributed by atoms with Gasteiger partial charge >= 0.3 is 5.97 Å². The fourth-order valence-corrected chi connectivity index (χ4v) is 3.70. The molecule has 0 saturated heterocycles. The smallest absolute Gasteiger partial charge is 0.343 e. The second-order valence-electron chi connectivity index (χ2n) is 7.28. The van der Waals surface area contributed by atoms with Crippen LogP contribution in [0.15, 0.2) is 78.3 Å². The first kappa shape index (κ1) is 23.1. The van der Waals surface area contributed by atoms with E-state index in [0.29, 0.717) is 22.4 Å². The summed E-state index contributed by atoms with van der Waals surface area (Å²) in [6, 6.07) is 18.4. The van der Waals surface area contributed by atoms with Crippen LogP contribution in [0.4, 0.5) is 0 Å². The Morgan fingerprint density at radius 2 is 1.74 bits per heavy atom. The molecule has 0 atom stereocenters. The summed E-state index contributed by atoms with van der Waals surface area (Å²) >= 11 is 1.53. The molecule has 0 aliphatic rings. The number of hydrogen-bond donors (Lipinski definition) is 3. The largest absolute Gasteiger partial charge is 0.507 e. The van der Waals surface area contributed by atoms with E-state index in [1.807, 2.05) is 23.6 Å². The number of aromatic hydroxyl groups is 1. The number of rotatable bonds is 7. The molecular formula is C27H21NO5S. The summed E-state index contributed by atoms with van der Waals surface area (Å²) in [5.41, 5.74) is 2.51. The van der Waals surface area contributed by atoms with Crippen LogP contribution in [0.25, 0.3) is 24.3 Å². The molecule has 0 saturated carbocycles. The van der Waals surface area contributed by atoms with E-state index in [4.69, 9.17) is 4.74 Å². The van der Waals surface area contributed by atoms with E-state index in [2.05, 4.69) is 4.98 Å². The number of ether oxygens (including phenoxy) is 1. The first-order chi connectivity index (χ1) is 16.5. The van der Waals surface area contributed by atoms with Crippen molar-refractivity contribution in [2.24, 2.45) is 0 Å². The van der Waals surface area contributed by atoms with Crippen LogP contribution in [0, 0.1) is 0 Å². The van der Waals surface area contributed by atoms with Crippen molar-refractivity contribution < 1.29 is 24.9 Å². The number of esters is 1. The molecular weight excluding hydrogens is 450 g/mol. The summed E-state index contributed by atoms with van der Waals surface area (Å²) in [6.07, 6.45) is 7.15. The van der Waals surface area contributed by atoms with Crippen molar-refractivity contribution >= 4 is 41.6 Å². The van der Waals surface area contributed by atoms with E-state index < -0.39 is 12.3 Å². The van der Waals surface area contributed by atoms with Crippen molar-refractivity contribution in [3.63, 3.8) is 0 Å². The van der Waals surface area contributed by atoms with Gasteiger partial charge < -0.3 is 20.1 Å². The molecule has 7 heteroatoms. The fraction of sp³-hybridized carbons (Fsp3) is 0.0370. The lowest BCUT2D eigenvalue weighted by atomic mass is 10.1. The van der Waals surface area contributed by atoms with E-state index in [0.717, 1.165) is 10.6 Å². The summed E-state index contributed by atoms with van der Waals surface area (Å²) in [5, 5.41) is 31.6. The first-order valence-electron chi connectivity index (χ1n) is 10.4. The molecule has 0 unspecified atom stereocenters. The minimum atomic E-state index is -1.65. The molecule has 34 heavy (non-hydrogen) atoms. The van der Waals surface area contributed by atoms with Gasteiger partial charge in [-0.1, -0.05) is 54.6 Å². The number of aliphatic hydroxyl groups excluding tert-OH is 1. The maximum atomic E-state index is 12.8. The number of para-hydroxylation sites is 1. The van der Waals surface area contributed by atoms with E-state index >= 15 is 0 Å². The minimum Gasteiger partial charge on any atom is -0.507 e. The molecule has 6 nitrogen and oxygen atoms in total. The molecule has 1 heterocycles. The first-order valence-corrected chi connectivity index (χ1v) is 11.2. The number of hydrogen-bond acceptors (Lipinski definition) is 7. The van der Waals surface area contributed by atoms with Crippen LogP contribution in [0.3, 0.4) is 0 Å². The Bertz CT molecular complexity index is 1340. The van der Waals surface area contributed by atoms with Gasteiger partial charge in [-0.15, -0.1) is 11.3 Å². The lowest BCUT2D eigenvalue weighted by Gasteiger charge is -2.09. The molecule has 170 valence electrons. The molecule has 4 aromatic rings. The predicted octanol–water partition coefficient (Wildman–Crippen LogP) is 5.39. The van der Waals surface area contributed by atoms with E-state index in [1.165, 1.54) is 29.5 Å². The third kappa shape index (κ3) is 5.85. The molecule has 0 amide bonds. The summed E-state index contributed by atoms with van der Waals surface area (Å²) < 4.78 is 5.65. The SMILES string of the molecule is O=C(Oc1ccccc1/C=C/c1cc(C(O)O)ccc1O)c1cccc(/C=C/c2nccs2)c1. The molecule has 4 rings (SSSR count). The van der Waals surface area contributed by atoms with Gasteiger partial charge in [0.2, 0.25) is 0 Å². The van der Waals surface area contributed by atoms with Crippen LogP contribution >= 0.6 is 11.3 Å². The Kier molecular flexibility index (Phi) is 7.29. The zero-order valence-corrected chi connectivity index (χ0v) is 18.7. The maximum absolute atomic E-state index is 12.8. The summed E-state index contributed by atoms with van der Waals surface area (Å²) in [4.78, 5) is 17.0. The molecule has 0 spiro atoms. The zero-order chi connectivity index (χ0) is 23.9. The zero-order valence-electron chi connectivity index (χ0n) is 17.9. The number of benzene rings is 3. The molecule has 0 aliphatic carbocycles. The highest BCUT2D eigenvalue weighted by atomic mass is 32.1. The van der Waals surface area contributed by atoms with E-state index in [1.54, 1.807) is 60.8 Å². The number of carbonyl (C=O) groups excluding carboxylic acids is 1. The van der Waals surface area contributed by atoms with Gasteiger partial charge in [0.25, 0.3) is 0 Å². The topological polar surface area (TPSA) is 99.9 Å². The Balaban J connectivity index is 1.53. The van der Waals surface area contributed by atoms with Crippen molar-refractivity contribution in [3.8, 4) is 11.5 Å². The number of phenols is 1. The molecule has 0 aliphatic heterocycles. The van der Waals surface area contributed by atoms with Crippen LogP contribution in [0.5, 0.6) is 11.5 Å². The Hall–Kier alpha value is -4.04. The average Bonchev–Trinajstić information content (AvgIpc) is 3.37. The number of aromatic nitrogens is 1. The van der Waals surface area contributed by atoms with Gasteiger partial charge in [0.05, 0.1) is 5.56 Å². The third-order valence-corrected chi connectivity index (χ3v) is 5.65. The number of aliphatic hydroxyl groups is 2. The van der Waals surface area contributed by atoms with Crippen molar-refractivity contribution in [1.82, 2.24) is 4.98 Å². The summed E-state index contributed by atoms with van der Waals surface area (Å²) in [7, 11) is 0. The average molecular weight is 472 g/mol. The molecule has 0 fully saturated rings. The van der Waals surface area contributed by atoms with Gasteiger partial charge in [0, 0.05) is 28.3 Å². The van der Waals surface area contributed by atoms with Gasteiger partial charge in [-0.25, -0.2) is 9.78 Å². The van der Waals surface area contributed by atoms with Gasteiger partial charge in [-0.2, -0.15) is 0 Å². The molecule has 3 aromatic carbocycles. The number of nitrogens with zero attached hydrogens (tertiary/aromatic N) is 1. The number of thiazole rings is 1. The second kappa shape index (κ2) is 10.7. The molecule has 1 aromatic heterocycles. The van der Waals surface area contributed by atoms with Gasteiger partial charge in [-0.3, -0.25) is 0 Å². The third-order valence-electron chi connectivity index (χ3n) is 4.91. The predicted molar refractivity (Wildman–Crippen MR) is 133 cm³/mol. The van der Waals surface area contributed by atoms with Crippen LogP contribution in [0.2, 0.25) is 0 Å². The molecule has 0 bridgehead atoms. The van der Waals surface area contributed by atoms with Crippen LogP contribution in [-0.4, -0.2) is 26.3 Å². The van der Waals surface area contributed by atoms with Crippen molar-refractivity contribution in [1.29, 1.82) is 0 Å². The molecule has 0 radical (unpaired) electrons. The number of phenolic OH excluding ortho intramolecular Hbond substituents is 1. The van der Waals surface area contributed by atoms with Crippen molar-refractivity contribution in [2.45, 2.75) is 6.29 Å². The highest BCUT2D eigenvalue weighted by Crippen LogP contribution is 2.26. The van der Waals surface area contributed by atoms with E-state index in [9.17, 15) is 20.1 Å². The normalized spacial score (nSPS) is 11.5. The highest BCUT2D eigenvalue weighted by Gasteiger charge is 2.11. The highest BCUT2D eigenvalue weighted by molar-refractivity contribution is 7.10. The van der Waals surface area contributed by atoms with Crippen LogP contribution in [0.1, 0.15) is 43.9 Å². The van der Waals surface area contributed by atoms with Gasteiger partial charge in [-0.05, 0) is 42.0 Å². The van der Waals surface area contributed by atoms with Gasteiger partial charge in [0.1, 0.15) is 16.5 Å². The van der Waals surface area contributed by atoms with E-state index in [-0.39, 0.29) is 11.3 Å². The Morgan fingerprint density at radius 1 is 0.912 bits per heavy atom. The lowest BCUT2D eigenvalue weighted by Crippen LogP contribution is -2.09. The van der Waals surface area contributed by atoms with Crippen molar-refractivity contribution in [2.75, 3.05) is 0 Å². The Morgan fingerprint density at radius 3 is 2.53 bits per heavy atom. The van der Waals surface area contributed by atoms with Crippen LogP contribution in [-0.2, 0) is 0 Å².